The first kappa shape index (κ1) is 14.8. The molecule has 2 N–H and O–H groups in total. The van der Waals surface area contributed by atoms with E-state index in [0.29, 0.717) is 11.6 Å². The van der Waals surface area contributed by atoms with Crippen LogP contribution in [0.5, 0.6) is 5.75 Å². The zero-order valence-corrected chi connectivity index (χ0v) is 11.3. The number of hydrogen-bond donors (Lipinski definition) is 2. The van der Waals surface area contributed by atoms with Gasteiger partial charge in [-0.05, 0) is 24.6 Å². The number of aromatic hydroxyl groups is 1. The number of hydrogen-bond acceptors (Lipinski definition) is 3. The van der Waals surface area contributed by atoms with Gasteiger partial charge in [-0.1, -0.05) is 24.9 Å². The van der Waals surface area contributed by atoms with Crippen molar-refractivity contribution in [3.63, 3.8) is 0 Å². The Labute approximate surface area is 112 Å². The topological polar surface area (TPSA) is 58.6 Å². The van der Waals surface area contributed by atoms with E-state index >= 15 is 0 Å². The van der Waals surface area contributed by atoms with Crippen LogP contribution in [0.3, 0.4) is 0 Å². The molecule has 0 spiro atoms. The van der Waals surface area contributed by atoms with E-state index in [1.165, 1.54) is 12.1 Å². The highest BCUT2D eigenvalue weighted by atomic mass is 35.5. The quantitative estimate of drug-likeness (QED) is 0.836. The molecule has 0 heterocycles. The molecule has 0 aliphatic rings. The van der Waals surface area contributed by atoms with Gasteiger partial charge >= 0.3 is 0 Å². The Balaban J connectivity index is 2.73. The third kappa shape index (κ3) is 4.20. The smallest absolute Gasteiger partial charge is 0.255 e. The van der Waals surface area contributed by atoms with Crippen LogP contribution in [0.1, 0.15) is 30.1 Å². The Morgan fingerprint density at radius 1 is 1.56 bits per heavy atom. The second-order valence-corrected chi connectivity index (χ2v) is 4.51. The largest absolute Gasteiger partial charge is 0.507 e. The Morgan fingerprint density at radius 3 is 2.83 bits per heavy atom. The Hall–Kier alpha value is -1.26. The molecule has 1 atom stereocenters. The predicted molar refractivity (Wildman–Crippen MR) is 71.2 cm³/mol. The number of amides is 1. The van der Waals surface area contributed by atoms with Crippen LogP contribution in [0.25, 0.3) is 0 Å². The first-order chi connectivity index (χ1) is 8.58. The lowest BCUT2D eigenvalue weighted by atomic mass is 10.1. The number of ether oxygens (including phenoxy) is 1. The first-order valence-electron chi connectivity index (χ1n) is 5.86. The number of methoxy groups -OCH3 is 1. The van der Waals surface area contributed by atoms with E-state index in [2.05, 4.69) is 5.32 Å². The van der Waals surface area contributed by atoms with Gasteiger partial charge in [0.15, 0.2) is 0 Å². The molecule has 0 aliphatic heterocycles. The van der Waals surface area contributed by atoms with Gasteiger partial charge in [0.1, 0.15) is 5.75 Å². The summed E-state index contributed by atoms with van der Waals surface area (Å²) in [5.74, 6) is -0.438. The zero-order valence-electron chi connectivity index (χ0n) is 10.6. The normalized spacial score (nSPS) is 12.2. The van der Waals surface area contributed by atoms with Gasteiger partial charge in [0, 0.05) is 12.1 Å². The highest BCUT2D eigenvalue weighted by Crippen LogP contribution is 2.21. The van der Waals surface area contributed by atoms with Crippen molar-refractivity contribution in [3.8, 4) is 5.75 Å². The summed E-state index contributed by atoms with van der Waals surface area (Å²) in [6.07, 6.45) is 1.77. The molecule has 0 saturated heterocycles. The van der Waals surface area contributed by atoms with Crippen LogP contribution in [-0.2, 0) is 4.74 Å². The number of phenols is 1. The number of nitrogens with one attached hydrogen (secondary N) is 1. The molecule has 5 heteroatoms. The summed E-state index contributed by atoms with van der Waals surface area (Å²) < 4.78 is 5.04. The molecule has 0 fully saturated rings. The van der Waals surface area contributed by atoms with Crippen molar-refractivity contribution in [2.24, 2.45) is 0 Å². The van der Waals surface area contributed by atoms with E-state index in [0.717, 1.165) is 12.8 Å². The van der Waals surface area contributed by atoms with E-state index in [-0.39, 0.29) is 23.3 Å². The maximum atomic E-state index is 12.0. The molecule has 0 aliphatic carbocycles. The van der Waals surface area contributed by atoms with Crippen molar-refractivity contribution in [2.75, 3.05) is 13.7 Å². The zero-order chi connectivity index (χ0) is 13.5. The summed E-state index contributed by atoms with van der Waals surface area (Å²) in [6, 6.07) is 4.37. The molecule has 0 aromatic heterocycles. The van der Waals surface area contributed by atoms with Gasteiger partial charge in [-0.2, -0.15) is 0 Å². The number of rotatable bonds is 6. The fraction of sp³-hybridized carbons (Fsp3) is 0.462. The summed E-state index contributed by atoms with van der Waals surface area (Å²) in [5.41, 5.74) is 0.219. The first-order valence-corrected chi connectivity index (χ1v) is 6.24. The second kappa shape index (κ2) is 7.24. The van der Waals surface area contributed by atoms with Crippen molar-refractivity contribution >= 4 is 17.5 Å². The lowest BCUT2D eigenvalue weighted by molar-refractivity contribution is 0.0889. The van der Waals surface area contributed by atoms with Crippen molar-refractivity contribution in [3.05, 3.63) is 28.8 Å². The van der Waals surface area contributed by atoms with E-state index in [1.807, 2.05) is 6.92 Å². The van der Waals surface area contributed by atoms with Crippen molar-refractivity contribution < 1.29 is 14.6 Å². The van der Waals surface area contributed by atoms with Crippen LogP contribution >= 0.6 is 11.6 Å². The van der Waals surface area contributed by atoms with Gasteiger partial charge in [-0.25, -0.2) is 0 Å². The van der Waals surface area contributed by atoms with Crippen molar-refractivity contribution in [2.45, 2.75) is 25.8 Å². The molecular formula is C13H18ClNO3. The molecule has 1 rings (SSSR count). The molecule has 18 heavy (non-hydrogen) atoms. The van der Waals surface area contributed by atoms with Gasteiger partial charge in [0.2, 0.25) is 0 Å². The molecule has 1 amide bonds. The Kier molecular flexibility index (Phi) is 5.95. The third-order valence-corrected chi connectivity index (χ3v) is 2.78. The molecule has 1 unspecified atom stereocenters. The number of carbonyl (C=O) groups excluding carboxylic acids is 1. The van der Waals surface area contributed by atoms with Crippen LogP contribution in [0.15, 0.2) is 18.2 Å². The van der Waals surface area contributed by atoms with Gasteiger partial charge < -0.3 is 15.2 Å². The molecule has 0 radical (unpaired) electrons. The standard InChI is InChI=1S/C13H18ClNO3/c1-3-4-10(8-18-2)15-13(17)11-6-5-9(14)7-12(11)16/h5-7,10,16H,3-4,8H2,1-2H3,(H,15,17). The van der Waals surface area contributed by atoms with Crippen molar-refractivity contribution in [1.29, 1.82) is 0 Å². The van der Waals surface area contributed by atoms with E-state index < -0.39 is 0 Å². The van der Waals surface area contributed by atoms with Gasteiger partial charge in [0.05, 0.1) is 18.2 Å². The Bertz CT molecular complexity index is 403. The van der Waals surface area contributed by atoms with Crippen LogP contribution in [0.4, 0.5) is 0 Å². The summed E-state index contributed by atoms with van der Waals surface area (Å²) >= 11 is 5.72. The Morgan fingerprint density at radius 2 is 2.28 bits per heavy atom. The summed E-state index contributed by atoms with van der Waals surface area (Å²) in [5, 5.41) is 12.9. The van der Waals surface area contributed by atoms with Gasteiger partial charge in [-0.15, -0.1) is 0 Å². The van der Waals surface area contributed by atoms with Gasteiger partial charge in [0.25, 0.3) is 5.91 Å². The van der Waals surface area contributed by atoms with E-state index in [9.17, 15) is 9.90 Å². The van der Waals surface area contributed by atoms with Crippen LogP contribution in [0, 0.1) is 0 Å². The number of benzene rings is 1. The minimum absolute atomic E-state index is 0.0532. The lowest BCUT2D eigenvalue weighted by Gasteiger charge is -2.17. The fourth-order valence-electron chi connectivity index (χ4n) is 1.71. The van der Waals surface area contributed by atoms with Crippen LogP contribution < -0.4 is 5.32 Å². The lowest BCUT2D eigenvalue weighted by Crippen LogP contribution is -2.37. The molecule has 1 aromatic carbocycles. The van der Waals surface area contributed by atoms with Crippen molar-refractivity contribution in [1.82, 2.24) is 5.32 Å². The molecular weight excluding hydrogens is 254 g/mol. The number of carbonyl (C=O) groups is 1. The molecule has 100 valence electrons. The van der Waals surface area contributed by atoms with Crippen LogP contribution in [0.2, 0.25) is 5.02 Å². The SMILES string of the molecule is CCCC(COC)NC(=O)c1ccc(Cl)cc1O. The number of halogens is 1. The van der Waals surface area contributed by atoms with E-state index in [4.69, 9.17) is 16.3 Å². The average molecular weight is 272 g/mol. The maximum Gasteiger partial charge on any atom is 0.255 e. The summed E-state index contributed by atoms with van der Waals surface area (Å²) in [4.78, 5) is 12.0. The minimum Gasteiger partial charge on any atom is -0.507 e. The highest BCUT2D eigenvalue weighted by molar-refractivity contribution is 6.30. The predicted octanol–water partition coefficient (Wildman–Crippen LogP) is 2.59. The van der Waals surface area contributed by atoms with Crippen LogP contribution in [-0.4, -0.2) is 30.8 Å². The minimum atomic E-state index is -0.320. The monoisotopic (exact) mass is 271 g/mol. The highest BCUT2D eigenvalue weighted by Gasteiger charge is 2.16. The van der Waals surface area contributed by atoms with E-state index in [1.54, 1.807) is 13.2 Å². The molecule has 0 saturated carbocycles. The average Bonchev–Trinajstić information content (AvgIpc) is 2.29. The fourth-order valence-corrected chi connectivity index (χ4v) is 1.87. The summed E-state index contributed by atoms with van der Waals surface area (Å²) in [6.45, 7) is 2.49. The molecule has 0 bridgehead atoms. The molecule has 4 nitrogen and oxygen atoms in total. The third-order valence-electron chi connectivity index (χ3n) is 2.54. The molecule has 1 aromatic rings. The van der Waals surface area contributed by atoms with Gasteiger partial charge in [-0.3, -0.25) is 4.79 Å². The maximum absolute atomic E-state index is 12.0. The summed E-state index contributed by atoms with van der Waals surface area (Å²) in [7, 11) is 1.59. The second-order valence-electron chi connectivity index (χ2n) is 4.08. The number of phenolic OH excluding ortho intramolecular Hbond substituents is 1.